The summed E-state index contributed by atoms with van der Waals surface area (Å²) < 4.78 is 12.0. The van der Waals surface area contributed by atoms with Crippen LogP contribution >= 0.6 is 0 Å². The number of rotatable bonds is 8. The number of methoxy groups -OCH3 is 1. The lowest BCUT2D eigenvalue weighted by Crippen LogP contribution is -2.29. The van der Waals surface area contributed by atoms with Crippen molar-refractivity contribution in [1.29, 1.82) is 0 Å². The zero-order valence-corrected chi connectivity index (χ0v) is 10.8. The van der Waals surface area contributed by atoms with Crippen molar-refractivity contribution in [3.8, 4) is 0 Å². The first kappa shape index (κ1) is 14.1. The summed E-state index contributed by atoms with van der Waals surface area (Å²) in [4.78, 5) is 0. The molecule has 0 radical (unpaired) electrons. The average Bonchev–Trinajstić information content (AvgIpc) is 2.71. The highest BCUT2D eigenvalue weighted by molar-refractivity contribution is 5.05. The van der Waals surface area contributed by atoms with Gasteiger partial charge >= 0.3 is 0 Å². The third-order valence-corrected chi connectivity index (χ3v) is 2.31. The van der Waals surface area contributed by atoms with Gasteiger partial charge in [0.2, 0.25) is 0 Å². The van der Waals surface area contributed by atoms with Gasteiger partial charge in [-0.05, 0) is 20.3 Å². The minimum absolute atomic E-state index is 0.437. The van der Waals surface area contributed by atoms with Gasteiger partial charge in [-0.3, -0.25) is 4.68 Å². The molecule has 0 atom stereocenters. The van der Waals surface area contributed by atoms with E-state index in [0.717, 1.165) is 18.7 Å². The van der Waals surface area contributed by atoms with Crippen molar-refractivity contribution in [1.82, 2.24) is 15.0 Å². The number of hydrogen-bond donors (Lipinski definition) is 1. The van der Waals surface area contributed by atoms with Gasteiger partial charge in [-0.25, -0.2) is 0 Å². The fourth-order valence-corrected chi connectivity index (χ4v) is 1.28. The Labute approximate surface area is 102 Å². The summed E-state index contributed by atoms with van der Waals surface area (Å²) in [7, 11) is 1.66. The monoisotopic (exact) mass is 242 g/mol. The molecule has 1 aromatic heterocycles. The molecule has 6 nitrogen and oxygen atoms in total. The first-order valence-corrected chi connectivity index (χ1v) is 5.80. The second kappa shape index (κ2) is 6.68. The zero-order chi connectivity index (χ0) is 12.7. The molecule has 0 saturated heterocycles. The quantitative estimate of drug-likeness (QED) is 0.673. The van der Waals surface area contributed by atoms with Gasteiger partial charge in [0.15, 0.2) is 0 Å². The van der Waals surface area contributed by atoms with Crippen molar-refractivity contribution in [3.05, 3.63) is 11.9 Å². The molecule has 0 fully saturated rings. The molecule has 1 aromatic rings. The van der Waals surface area contributed by atoms with Crippen molar-refractivity contribution >= 4 is 0 Å². The molecule has 6 heteroatoms. The predicted octanol–water partition coefficient (Wildman–Crippen LogP) is 0.525. The molecular weight excluding hydrogens is 220 g/mol. The number of nitrogens with two attached hydrogens (primary N) is 1. The molecule has 0 spiro atoms. The Morgan fingerprint density at radius 1 is 1.35 bits per heavy atom. The van der Waals surface area contributed by atoms with Gasteiger partial charge in [0.25, 0.3) is 0 Å². The Morgan fingerprint density at radius 2 is 2.12 bits per heavy atom. The Morgan fingerprint density at radius 3 is 2.71 bits per heavy atom. The number of hydrogen-bond acceptors (Lipinski definition) is 5. The topological polar surface area (TPSA) is 75.2 Å². The van der Waals surface area contributed by atoms with E-state index < -0.39 is 5.54 Å². The minimum Gasteiger partial charge on any atom is -0.382 e. The molecule has 98 valence electrons. The van der Waals surface area contributed by atoms with Gasteiger partial charge in [-0.15, -0.1) is 5.10 Å². The zero-order valence-electron chi connectivity index (χ0n) is 10.8. The van der Waals surface area contributed by atoms with Crippen LogP contribution in [0.5, 0.6) is 0 Å². The molecule has 2 N–H and O–H groups in total. The van der Waals surface area contributed by atoms with E-state index in [1.807, 2.05) is 20.0 Å². The van der Waals surface area contributed by atoms with Crippen molar-refractivity contribution in [3.63, 3.8) is 0 Å². The third kappa shape index (κ3) is 5.25. The van der Waals surface area contributed by atoms with E-state index in [9.17, 15) is 0 Å². The molecule has 0 aliphatic carbocycles. The summed E-state index contributed by atoms with van der Waals surface area (Å²) in [5, 5.41) is 8.07. The molecule has 0 amide bonds. The van der Waals surface area contributed by atoms with Crippen LogP contribution in [-0.2, 0) is 21.6 Å². The standard InChI is InChI=1S/C11H22N4O2/c1-11(2,12)10-9-15(14-13-10)5-4-6-17-8-7-16-3/h9H,4-8,12H2,1-3H3. The third-order valence-electron chi connectivity index (χ3n) is 2.31. The van der Waals surface area contributed by atoms with Crippen LogP contribution in [0.3, 0.4) is 0 Å². The van der Waals surface area contributed by atoms with E-state index >= 15 is 0 Å². The van der Waals surface area contributed by atoms with Crippen LogP contribution in [0.4, 0.5) is 0 Å². The smallest absolute Gasteiger partial charge is 0.102 e. The van der Waals surface area contributed by atoms with Crippen LogP contribution in [0, 0.1) is 0 Å². The van der Waals surface area contributed by atoms with Gasteiger partial charge in [0.05, 0.1) is 24.9 Å². The molecule has 1 rings (SSSR count). The van der Waals surface area contributed by atoms with E-state index in [4.69, 9.17) is 15.2 Å². The van der Waals surface area contributed by atoms with Crippen molar-refractivity contribution in [2.75, 3.05) is 26.9 Å². The number of ether oxygens (including phenoxy) is 2. The van der Waals surface area contributed by atoms with Crippen LogP contribution in [0.15, 0.2) is 6.20 Å². The molecular formula is C11H22N4O2. The maximum absolute atomic E-state index is 5.93. The second-order valence-electron chi connectivity index (χ2n) is 4.55. The van der Waals surface area contributed by atoms with Gasteiger partial charge in [0.1, 0.15) is 5.69 Å². The summed E-state index contributed by atoms with van der Waals surface area (Å²) >= 11 is 0. The van der Waals surface area contributed by atoms with Gasteiger partial charge in [-0.1, -0.05) is 5.21 Å². The maximum Gasteiger partial charge on any atom is 0.102 e. The summed E-state index contributed by atoms with van der Waals surface area (Å²) in [6.07, 6.45) is 2.78. The molecule has 0 aliphatic heterocycles. The minimum atomic E-state index is -0.437. The maximum atomic E-state index is 5.93. The highest BCUT2D eigenvalue weighted by Crippen LogP contribution is 2.12. The number of aromatic nitrogens is 3. The lowest BCUT2D eigenvalue weighted by atomic mass is 10.0. The molecule has 0 bridgehead atoms. The van der Waals surface area contributed by atoms with Gasteiger partial charge in [0, 0.05) is 20.3 Å². The summed E-state index contributed by atoms with van der Waals surface area (Å²) in [5.74, 6) is 0. The molecule has 17 heavy (non-hydrogen) atoms. The summed E-state index contributed by atoms with van der Waals surface area (Å²) in [6, 6.07) is 0. The lowest BCUT2D eigenvalue weighted by Gasteiger charge is -2.13. The Hall–Kier alpha value is -0.980. The van der Waals surface area contributed by atoms with Crippen molar-refractivity contribution in [2.24, 2.45) is 5.73 Å². The van der Waals surface area contributed by atoms with E-state index in [1.165, 1.54) is 0 Å². The molecule has 0 saturated carbocycles. The van der Waals surface area contributed by atoms with Crippen molar-refractivity contribution < 1.29 is 9.47 Å². The average molecular weight is 242 g/mol. The lowest BCUT2D eigenvalue weighted by molar-refractivity contribution is 0.0676. The van der Waals surface area contributed by atoms with Crippen molar-refractivity contribution in [2.45, 2.75) is 32.4 Å². The predicted molar refractivity (Wildman–Crippen MR) is 64.5 cm³/mol. The van der Waals surface area contributed by atoms with Crippen LogP contribution in [0.25, 0.3) is 0 Å². The highest BCUT2D eigenvalue weighted by atomic mass is 16.5. The van der Waals surface area contributed by atoms with Crippen LogP contribution in [-0.4, -0.2) is 41.9 Å². The highest BCUT2D eigenvalue weighted by Gasteiger charge is 2.17. The Balaban J connectivity index is 2.21. The fraction of sp³-hybridized carbons (Fsp3) is 0.818. The fourth-order valence-electron chi connectivity index (χ4n) is 1.28. The normalized spacial score (nSPS) is 12.0. The molecule has 0 aliphatic rings. The van der Waals surface area contributed by atoms with Gasteiger partial charge < -0.3 is 15.2 Å². The number of nitrogens with zero attached hydrogens (tertiary/aromatic N) is 3. The SMILES string of the molecule is COCCOCCCn1cc(C(C)(C)N)nn1. The first-order valence-electron chi connectivity index (χ1n) is 5.80. The molecule has 0 unspecified atom stereocenters. The Kier molecular flexibility index (Phi) is 5.54. The van der Waals surface area contributed by atoms with Gasteiger partial charge in [-0.2, -0.15) is 0 Å². The summed E-state index contributed by atoms with van der Waals surface area (Å²) in [5.41, 5.74) is 6.29. The van der Waals surface area contributed by atoms with E-state index in [2.05, 4.69) is 10.3 Å². The largest absolute Gasteiger partial charge is 0.382 e. The van der Waals surface area contributed by atoms with Crippen LogP contribution < -0.4 is 5.73 Å². The Bertz CT molecular complexity index is 320. The van der Waals surface area contributed by atoms with E-state index in [-0.39, 0.29) is 0 Å². The second-order valence-corrected chi connectivity index (χ2v) is 4.55. The van der Waals surface area contributed by atoms with E-state index in [0.29, 0.717) is 19.8 Å². The van der Waals surface area contributed by atoms with Crippen LogP contribution in [0.2, 0.25) is 0 Å². The summed E-state index contributed by atoms with van der Waals surface area (Å²) in [6.45, 7) is 6.58. The first-order chi connectivity index (χ1) is 8.04. The molecule has 0 aromatic carbocycles. The van der Waals surface area contributed by atoms with E-state index in [1.54, 1.807) is 11.8 Å². The van der Waals surface area contributed by atoms with Crippen LogP contribution in [0.1, 0.15) is 26.0 Å². The number of aryl methyl sites for hydroxylation is 1. The molecule has 1 heterocycles.